The first kappa shape index (κ1) is 29.7. The van der Waals surface area contributed by atoms with E-state index < -0.39 is 43.3 Å². The number of fused-ring (bicyclic) bond motifs is 5. The number of hydrogen-bond donors (Lipinski definition) is 6. The minimum Gasteiger partial charge on any atom is -0.481 e. The molecule has 0 amide bonds. The molecular formula is C30H50O9. The quantitative estimate of drug-likeness (QED) is 0.260. The van der Waals surface area contributed by atoms with E-state index in [4.69, 9.17) is 9.47 Å². The monoisotopic (exact) mass is 554 g/mol. The molecular weight excluding hydrogens is 504 g/mol. The smallest absolute Gasteiger partial charge is 0.303 e. The van der Waals surface area contributed by atoms with Crippen LogP contribution in [0.3, 0.4) is 0 Å². The fraction of sp³-hybridized carbons (Fsp3) is 0.967. The Kier molecular flexibility index (Phi) is 8.46. The molecule has 9 nitrogen and oxygen atoms in total. The maximum atomic E-state index is 11.6. The highest BCUT2D eigenvalue weighted by Gasteiger charge is 2.63. The Morgan fingerprint density at radius 2 is 1.64 bits per heavy atom. The van der Waals surface area contributed by atoms with E-state index in [1.807, 2.05) is 0 Å². The SMILES string of the molecule is C[C@H](CCC(=O)O)[C@H]1CC[C@H]2[C@@H]3[C@H](O)C[C@@H]4C[C@H](O[C@@H]5O[C@H](CO)[C@@H](O)[C@H](O)[C@H]5O)CC[C@]4(C)[C@H]3CC[C@]12C. The number of carboxylic acids is 1. The third-order valence-corrected chi connectivity index (χ3v) is 12.4. The summed E-state index contributed by atoms with van der Waals surface area (Å²) < 4.78 is 11.8. The molecule has 6 N–H and O–H groups in total. The number of ether oxygens (including phenoxy) is 2. The minimum absolute atomic E-state index is 0.0908. The lowest BCUT2D eigenvalue weighted by atomic mass is 9.43. The molecule has 5 aliphatic rings. The van der Waals surface area contributed by atoms with E-state index in [0.29, 0.717) is 30.1 Å². The summed E-state index contributed by atoms with van der Waals surface area (Å²) in [5.41, 5.74) is 0.236. The molecule has 4 aliphatic carbocycles. The van der Waals surface area contributed by atoms with Crippen molar-refractivity contribution in [2.24, 2.45) is 46.3 Å². The lowest BCUT2D eigenvalue weighted by Crippen LogP contribution is -2.61. The fourth-order valence-corrected chi connectivity index (χ4v) is 10.2. The average molecular weight is 555 g/mol. The van der Waals surface area contributed by atoms with Gasteiger partial charge in [0.15, 0.2) is 6.29 Å². The molecule has 9 heteroatoms. The summed E-state index contributed by atoms with van der Waals surface area (Å²) in [5, 5.41) is 61.0. The van der Waals surface area contributed by atoms with Crippen molar-refractivity contribution in [3.8, 4) is 0 Å². The molecule has 224 valence electrons. The van der Waals surface area contributed by atoms with Crippen LogP contribution < -0.4 is 0 Å². The van der Waals surface area contributed by atoms with Crippen molar-refractivity contribution in [1.82, 2.24) is 0 Å². The predicted octanol–water partition coefficient (Wildman–Crippen LogP) is 2.30. The second-order valence-corrected chi connectivity index (χ2v) is 14.2. The molecule has 0 aromatic heterocycles. The van der Waals surface area contributed by atoms with E-state index in [2.05, 4.69) is 20.8 Å². The molecule has 0 unspecified atom stereocenters. The van der Waals surface area contributed by atoms with Crippen molar-refractivity contribution in [2.45, 2.75) is 128 Å². The highest BCUT2D eigenvalue weighted by atomic mass is 16.7. The molecule has 5 rings (SSSR count). The minimum atomic E-state index is -1.45. The summed E-state index contributed by atoms with van der Waals surface area (Å²) in [7, 11) is 0. The van der Waals surface area contributed by atoms with Gasteiger partial charge in [0.2, 0.25) is 0 Å². The fourth-order valence-electron chi connectivity index (χ4n) is 10.2. The second kappa shape index (κ2) is 11.1. The number of carboxylic acid groups (broad SMARTS) is 1. The van der Waals surface area contributed by atoms with E-state index in [1.165, 1.54) is 0 Å². The molecule has 0 radical (unpaired) electrons. The normalized spacial score (nSPS) is 52.4. The number of carbonyl (C=O) groups is 1. The molecule has 5 fully saturated rings. The van der Waals surface area contributed by atoms with Crippen molar-refractivity contribution >= 4 is 5.97 Å². The molecule has 1 aliphatic heterocycles. The Morgan fingerprint density at radius 1 is 0.949 bits per heavy atom. The van der Waals surface area contributed by atoms with Crippen LogP contribution in [0.25, 0.3) is 0 Å². The van der Waals surface area contributed by atoms with Crippen LogP contribution in [0.15, 0.2) is 0 Å². The van der Waals surface area contributed by atoms with Crippen LogP contribution in [-0.2, 0) is 14.3 Å². The van der Waals surface area contributed by atoms with Gasteiger partial charge in [-0.25, -0.2) is 0 Å². The van der Waals surface area contributed by atoms with Crippen molar-refractivity contribution in [2.75, 3.05) is 6.61 Å². The van der Waals surface area contributed by atoms with Crippen molar-refractivity contribution in [3.63, 3.8) is 0 Å². The van der Waals surface area contributed by atoms with Crippen molar-refractivity contribution in [3.05, 3.63) is 0 Å². The van der Waals surface area contributed by atoms with E-state index in [1.54, 1.807) is 0 Å². The van der Waals surface area contributed by atoms with Crippen LogP contribution in [0, 0.1) is 46.3 Å². The van der Waals surface area contributed by atoms with Gasteiger partial charge in [0.05, 0.1) is 18.8 Å². The molecule has 39 heavy (non-hydrogen) atoms. The van der Waals surface area contributed by atoms with E-state index in [0.717, 1.165) is 51.4 Å². The molecule has 1 saturated heterocycles. The van der Waals surface area contributed by atoms with E-state index in [9.17, 15) is 35.4 Å². The summed E-state index contributed by atoms with van der Waals surface area (Å²) in [6.45, 7) is 6.55. The Hall–Kier alpha value is -0.810. The summed E-state index contributed by atoms with van der Waals surface area (Å²) in [4.78, 5) is 11.2. The standard InChI is InChI=1S/C30H50O9/c1-15(4-7-23(33)34)18-5-6-19-24-20(9-11-30(18,19)3)29(2)10-8-17(12-16(29)13-21(24)32)38-28-27(37)26(36)25(35)22(14-31)39-28/h15-22,24-28,31-32,35-37H,4-14H2,1-3H3,(H,33,34)/t15-,16+,17-,18-,19+,20+,21-,22-,24+,25-,26+,27-,28-,29+,30-/m1/s1. The molecule has 0 bridgehead atoms. The molecule has 4 saturated carbocycles. The maximum absolute atomic E-state index is 11.6. The van der Waals surface area contributed by atoms with Gasteiger partial charge in [-0.2, -0.15) is 0 Å². The predicted molar refractivity (Wildman–Crippen MR) is 141 cm³/mol. The van der Waals surface area contributed by atoms with Crippen molar-refractivity contribution < 1.29 is 44.9 Å². The number of hydrogen-bond acceptors (Lipinski definition) is 8. The van der Waals surface area contributed by atoms with Gasteiger partial charge in [0.25, 0.3) is 0 Å². The van der Waals surface area contributed by atoms with Gasteiger partial charge in [-0.05, 0) is 104 Å². The van der Waals surface area contributed by atoms with Crippen LogP contribution in [-0.4, -0.2) is 86.1 Å². The zero-order chi connectivity index (χ0) is 28.3. The third-order valence-electron chi connectivity index (χ3n) is 12.4. The molecule has 15 atom stereocenters. The first-order valence-electron chi connectivity index (χ1n) is 15.3. The number of aliphatic carboxylic acids is 1. The first-order chi connectivity index (χ1) is 18.4. The Morgan fingerprint density at radius 3 is 2.33 bits per heavy atom. The van der Waals surface area contributed by atoms with Crippen LogP contribution in [0.1, 0.15) is 85.0 Å². The summed E-state index contributed by atoms with van der Waals surface area (Å²) in [6.07, 6.45) is 1.64. The van der Waals surface area contributed by atoms with Gasteiger partial charge in [-0.1, -0.05) is 20.8 Å². The number of rotatable bonds is 7. The van der Waals surface area contributed by atoms with Gasteiger partial charge in [0.1, 0.15) is 24.4 Å². The van der Waals surface area contributed by atoms with Gasteiger partial charge in [-0.15, -0.1) is 0 Å². The largest absolute Gasteiger partial charge is 0.481 e. The summed E-state index contributed by atoms with van der Waals surface area (Å²) >= 11 is 0. The average Bonchev–Trinajstić information content (AvgIpc) is 3.25. The maximum Gasteiger partial charge on any atom is 0.303 e. The third kappa shape index (κ3) is 5.08. The molecule has 0 aromatic carbocycles. The lowest BCUT2D eigenvalue weighted by Gasteiger charge is -2.62. The zero-order valence-electron chi connectivity index (χ0n) is 23.7. The molecule has 0 spiro atoms. The topological polar surface area (TPSA) is 157 Å². The van der Waals surface area contributed by atoms with Gasteiger partial charge in [0, 0.05) is 6.42 Å². The summed E-state index contributed by atoms with van der Waals surface area (Å²) in [5.74, 6) is 1.58. The highest BCUT2D eigenvalue weighted by Crippen LogP contribution is 2.68. The Bertz CT molecular complexity index is 882. The number of aliphatic hydroxyl groups is 5. The molecule has 1 heterocycles. The Labute approximate surface area is 231 Å². The second-order valence-electron chi connectivity index (χ2n) is 14.2. The van der Waals surface area contributed by atoms with Crippen LogP contribution in [0.4, 0.5) is 0 Å². The van der Waals surface area contributed by atoms with Crippen LogP contribution in [0.5, 0.6) is 0 Å². The number of aliphatic hydroxyl groups excluding tert-OH is 5. The molecule has 0 aromatic rings. The van der Waals surface area contributed by atoms with Gasteiger partial charge < -0.3 is 40.1 Å². The van der Waals surface area contributed by atoms with Gasteiger partial charge >= 0.3 is 5.97 Å². The van der Waals surface area contributed by atoms with Crippen LogP contribution in [0.2, 0.25) is 0 Å². The summed E-state index contributed by atoms with van der Waals surface area (Å²) in [6, 6.07) is 0. The van der Waals surface area contributed by atoms with Crippen molar-refractivity contribution in [1.29, 1.82) is 0 Å². The van der Waals surface area contributed by atoms with Crippen LogP contribution >= 0.6 is 0 Å². The van der Waals surface area contributed by atoms with Gasteiger partial charge in [-0.3, -0.25) is 4.79 Å². The lowest BCUT2D eigenvalue weighted by molar-refractivity contribution is -0.317. The highest BCUT2D eigenvalue weighted by molar-refractivity contribution is 5.66. The zero-order valence-corrected chi connectivity index (χ0v) is 23.7. The Balaban J connectivity index is 1.26. The van der Waals surface area contributed by atoms with E-state index in [-0.39, 0.29) is 41.3 Å². The first-order valence-corrected chi connectivity index (χ1v) is 15.3. The van der Waals surface area contributed by atoms with E-state index >= 15 is 0 Å².